The summed E-state index contributed by atoms with van der Waals surface area (Å²) in [6.45, 7) is 1.08. The van der Waals surface area contributed by atoms with Gasteiger partial charge < -0.3 is 14.6 Å². The molecule has 0 saturated heterocycles. The summed E-state index contributed by atoms with van der Waals surface area (Å²) in [5.74, 6) is -0.628. The van der Waals surface area contributed by atoms with Crippen LogP contribution < -0.4 is 5.32 Å². The summed E-state index contributed by atoms with van der Waals surface area (Å²) in [5, 5.41) is 6.91. The molecule has 1 heterocycles. The lowest BCUT2D eigenvalue weighted by Gasteiger charge is -2.07. The average molecular weight is 398 g/mol. The highest BCUT2D eigenvalue weighted by Gasteiger charge is 2.16. The Balaban J connectivity index is 1.68. The van der Waals surface area contributed by atoms with E-state index < -0.39 is 5.97 Å². The van der Waals surface area contributed by atoms with Gasteiger partial charge in [-0.3, -0.25) is 4.79 Å². The van der Waals surface area contributed by atoms with Crippen LogP contribution in [0.15, 0.2) is 64.8 Å². The van der Waals surface area contributed by atoms with E-state index in [2.05, 4.69) is 15.5 Å². The molecule has 0 bridgehead atoms. The van der Waals surface area contributed by atoms with Crippen LogP contribution in [0.4, 0.5) is 0 Å². The summed E-state index contributed by atoms with van der Waals surface area (Å²) in [5.41, 5.74) is 1.47. The number of rotatable bonds is 6. The van der Waals surface area contributed by atoms with E-state index in [9.17, 15) is 9.59 Å². The number of nitrogens with zero attached hydrogens (tertiary/aromatic N) is 2. The van der Waals surface area contributed by atoms with E-state index in [0.717, 1.165) is 5.56 Å². The Hall–Kier alpha value is -3.45. The van der Waals surface area contributed by atoms with Gasteiger partial charge in [0.05, 0.1) is 0 Å². The van der Waals surface area contributed by atoms with Crippen LogP contribution in [0.25, 0.3) is 17.5 Å². The van der Waals surface area contributed by atoms with Crippen molar-refractivity contribution in [3.8, 4) is 11.4 Å². The van der Waals surface area contributed by atoms with Gasteiger partial charge in [0.2, 0.25) is 11.7 Å². The summed E-state index contributed by atoms with van der Waals surface area (Å²) < 4.78 is 10.3. The number of amides is 1. The Bertz CT molecular complexity index is 998. The van der Waals surface area contributed by atoms with Gasteiger partial charge in [-0.1, -0.05) is 47.1 Å². The lowest BCUT2D eigenvalue weighted by molar-refractivity contribution is -0.142. The molecule has 1 N–H and O–H groups in total. The second-order valence-corrected chi connectivity index (χ2v) is 6.18. The molecule has 0 saturated carbocycles. The van der Waals surface area contributed by atoms with Crippen LogP contribution in [0.5, 0.6) is 0 Å². The zero-order valence-electron chi connectivity index (χ0n) is 14.9. The number of nitrogens with one attached hydrogen (secondary N) is 1. The Kier molecular flexibility index (Phi) is 6.18. The van der Waals surface area contributed by atoms with Gasteiger partial charge in [0.1, 0.15) is 5.70 Å². The smallest absolute Gasteiger partial charge is 0.355 e. The molecule has 142 valence electrons. The third kappa shape index (κ3) is 5.28. The summed E-state index contributed by atoms with van der Waals surface area (Å²) >= 11 is 5.86. The minimum atomic E-state index is -0.717. The van der Waals surface area contributed by atoms with Gasteiger partial charge in [-0.05, 0) is 35.9 Å². The second-order valence-electron chi connectivity index (χ2n) is 5.74. The van der Waals surface area contributed by atoms with E-state index in [1.807, 2.05) is 18.2 Å². The van der Waals surface area contributed by atoms with E-state index in [1.54, 1.807) is 36.4 Å². The highest BCUT2D eigenvalue weighted by molar-refractivity contribution is 6.30. The number of hydrogen-bond donors (Lipinski definition) is 1. The first kappa shape index (κ1) is 19.3. The Morgan fingerprint density at radius 1 is 1.14 bits per heavy atom. The first-order chi connectivity index (χ1) is 13.5. The van der Waals surface area contributed by atoms with Gasteiger partial charge in [-0.25, -0.2) is 4.79 Å². The number of hydrogen-bond acceptors (Lipinski definition) is 6. The molecule has 1 aromatic heterocycles. The molecule has 0 unspecified atom stereocenters. The molecule has 0 radical (unpaired) electrons. The predicted molar refractivity (Wildman–Crippen MR) is 103 cm³/mol. The van der Waals surface area contributed by atoms with Crippen LogP contribution in [0.2, 0.25) is 5.02 Å². The maximum atomic E-state index is 12.4. The number of halogens is 1. The summed E-state index contributed by atoms with van der Waals surface area (Å²) in [6.07, 6.45) is 1.52. The molecule has 3 aromatic rings. The molecule has 0 fully saturated rings. The number of aromatic nitrogens is 2. The van der Waals surface area contributed by atoms with Crippen molar-refractivity contribution in [3.05, 3.63) is 76.8 Å². The van der Waals surface area contributed by atoms with Crippen molar-refractivity contribution in [3.63, 3.8) is 0 Å². The lowest BCUT2D eigenvalue weighted by atomic mass is 10.2. The molecule has 1 amide bonds. The van der Waals surface area contributed by atoms with Gasteiger partial charge in [0, 0.05) is 17.5 Å². The molecule has 3 rings (SSSR count). The fraction of sp³-hybridized carbons (Fsp3) is 0.100. The number of ether oxygens (including phenoxy) is 1. The highest BCUT2D eigenvalue weighted by atomic mass is 35.5. The van der Waals surface area contributed by atoms with Gasteiger partial charge in [0.15, 0.2) is 6.61 Å². The van der Waals surface area contributed by atoms with Crippen LogP contribution in [0.3, 0.4) is 0 Å². The quantitative estimate of drug-likeness (QED) is 0.504. The minimum absolute atomic E-state index is 0.0103. The normalized spacial score (nSPS) is 11.1. The monoisotopic (exact) mass is 397 g/mol. The van der Waals surface area contributed by atoms with Gasteiger partial charge in [0.25, 0.3) is 5.89 Å². The Morgan fingerprint density at radius 2 is 1.86 bits per heavy atom. The molecule has 28 heavy (non-hydrogen) atoms. The van der Waals surface area contributed by atoms with Crippen molar-refractivity contribution in [1.29, 1.82) is 0 Å². The zero-order valence-corrected chi connectivity index (χ0v) is 15.6. The standard InChI is InChI=1S/C20H16ClN3O4/c1-13(25)22-17(11-14-5-3-2-4-6-14)20(26)27-12-18-23-19(24-28-18)15-7-9-16(21)10-8-15/h2-11H,12H2,1H3,(H,22,25)/b17-11-. The van der Waals surface area contributed by atoms with Crippen LogP contribution in [-0.4, -0.2) is 22.0 Å². The maximum absolute atomic E-state index is 12.4. The van der Waals surface area contributed by atoms with Crippen molar-refractivity contribution >= 4 is 29.6 Å². The molecule has 0 aliphatic carbocycles. The molecule has 0 aliphatic rings. The lowest BCUT2D eigenvalue weighted by Crippen LogP contribution is -2.26. The van der Waals surface area contributed by atoms with Gasteiger partial charge >= 0.3 is 5.97 Å². The number of esters is 1. The van der Waals surface area contributed by atoms with Crippen LogP contribution in [0.1, 0.15) is 18.4 Å². The van der Waals surface area contributed by atoms with Crippen molar-refractivity contribution in [1.82, 2.24) is 15.5 Å². The number of carbonyl (C=O) groups excluding carboxylic acids is 2. The fourth-order valence-electron chi connectivity index (χ4n) is 2.29. The van der Waals surface area contributed by atoms with Crippen LogP contribution >= 0.6 is 11.6 Å². The van der Waals surface area contributed by atoms with Gasteiger partial charge in [-0.2, -0.15) is 4.98 Å². The first-order valence-corrected chi connectivity index (χ1v) is 8.69. The summed E-state index contributed by atoms with van der Waals surface area (Å²) in [7, 11) is 0. The largest absolute Gasteiger partial charge is 0.451 e. The van der Waals surface area contributed by atoms with Crippen LogP contribution in [0, 0.1) is 0 Å². The SMILES string of the molecule is CC(=O)N/C(=C\c1ccccc1)C(=O)OCc1nc(-c2ccc(Cl)cc2)no1. The Labute approximate surface area is 166 Å². The molecule has 2 aromatic carbocycles. The zero-order chi connectivity index (χ0) is 19.9. The molecular weight excluding hydrogens is 382 g/mol. The number of benzene rings is 2. The predicted octanol–water partition coefficient (Wildman–Crippen LogP) is 3.61. The molecular formula is C20H16ClN3O4. The van der Waals surface area contributed by atoms with E-state index in [0.29, 0.717) is 16.4 Å². The molecule has 0 spiro atoms. The van der Waals surface area contributed by atoms with Crippen molar-refractivity contribution in [2.24, 2.45) is 0 Å². The third-order valence-electron chi connectivity index (χ3n) is 3.54. The van der Waals surface area contributed by atoms with Gasteiger partial charge in [-0.15, -0.1) is 0 Å². The molecule has 8 heteroatoms. The second kappa shape index (κ2) is 8.96. The van der Waals surface area contributed by atoms with Crippen molar-refractivity contribution in [2.45, 2.75) is 13.5 Å². The van der Waals surface area contributed by atoms with Crippen molar-refractivity contribution in [2.75, 3.05) is 0 Å². The van der Waals surface area contributed by atoms with E-state index in [-0.39, 0.29) is 24.1 Å². The summed E-state index contributed by atoms with van der Waals surface area (Å²) in [4.78, 5) is 27.9. The number of carbonyl (C=O) groups is 2. The summed E-state index contributed by atoms with van der Waals surface area (Å²) in [6, 6.07) is 16.0. The molecule has 7 nitrogen and oxygen atoms in total. The van der Waals surface area contributed by atoms with Crippen molar-refractivity contribution < 1.29 is 18.8 Å². The third-order valence-corrected chi connectivity index (χ3v) is 3.79. The Morgan fingerprint density at radius 3 is 2.54 bits per heavy atom. The fourth-order valence-corrected chi connectivity index (χ4v) is 2.41. The highest BCUT2D eigenvalue weighted by Crippen LogP contribution is 2.19. The molecule has 0 aliphatic heterocycles. The van der Waals surface area contributed by atoms with E-state index >= 15 is 0 Å². The van der Waals surface area contributed by atoms with E-state index in [1.165, 1.54) is 13.0 Å². The molecule has 0 atom stereocenters. The average Bonchev–Trinajstić information content (AvgIpc) is 3.15. The first-order valence-electron chi connectivity index (χ1n) is 8.31. The maximum Gasteiger partial charge on any atom is 0.355 e. The minimum Gasteiger partial charge on any atom is -0.451 e. The van der Waals surface area contributed by atoms with Crippen LogP contribution in [-0.2, 0) is 20.9 Å². The topological polar surface area (TPSA) is 94.3 Å². The van der Waals surface area contributed by atoms with E-state index in [4.69, 9.17) is 20.9 Å².